The second-order valence-electron chi connectivity index (χ2n) is 6.55. The Hall–Kier alpha value is -1.31. The minimum atomic E-state index is 0.120. The third-order valence-corrected chi connectivity index (χ3v) is 4.46. The molecule has 0 aromatic carbocycles. The van der Waals surface area contributed by atoms with Crippen molar-refractivity contribution in [2.24, 2.45) is 4.99 Å². The quantitative estimate of drug-likeness (QED) is 0.139. The lowest BCUT2D eigenvalue weighted by atomic mass is 9.87. The second kappa shape index (κ2) is 14.3. The molecule has 0 rings (SSSR count). The van der Waals surface area contributed by atoms with Gasteiger partial charge in [0.15, 0.2) is 0 Å². The lowest BCUT2D eigenvalue weighted by molar-refractivity contribution is 0.211. The van der Waals surface area contributed by atoms with E-state index in [0.717, 1.165) is 0 Å². The van der Waals surface area contributed by atoms with Crippen LogP contribution in [0.4, 0.5) is 0 Å². The lowest BCUT2D eigenvalue weighted by Gasteiger charge is -2.38. The van der Waals surface area contributed by atoms with Gasteiger partial charge < -0.3 is 4.90 Å². The molecule has 2 heteroatoms. The van der Waals surface area contributed by atoms with Crippen molar-refractivity contribution in [1.29, 1.82) is 0 Å². The van der Waals surface area contributed by atoms with E-state index in [4.69, 9.17) is 0 Å². The van der Waals surface area contributed by atoms with E-state index in [1.54, 1.807) is 12.3 Å². The summed E-state index contributed by atoms with van der Waals surface area (Å²) in [6.45, 7) is 14.6. The molecule has 0 bridgehead atoms. The van der Waals surface area contributed by atoms with Gasteiger partial charge in [0, 0.05) is 11.7 Å². The molecule has 0 saturated carbocycles. The van der Waals surface area contributed by atoms with Gasteiger partial charge in [0.2, 0.25) is 0 Å². The molecule has 0 aliphatic carbocycles. The molecule has 0 unspecified atom stereocenters. The van der Waals surface area contributed by atoms with Crippen LogP contribution in [-0.2, 0) is 0 Å². The highest BCUT2D eigenvalue weighted by molar-refractivity contribution is 5.58. The third kappa shape index (κ3) is 10.1. The smallest absolute Gasteiger partial charge is 0.0949 e. The number of rotatable bonds is 15. The van der Waals surface area contributed by atoms with Gasteiger partial charge in [0.1, 0.15) is 0 Å². The fraction of sp³-hybridized carbons (Fsp3) is 0.667. The summed E-state index contributed by atoms with van der Waals surface area (Å²) in [5.74, 6) is 0. The Morgan fingerprint density at radius 3 is 1.91 bits per heavy atom. The van der Waals surface area contributed by atoms with Crippen molar-refractivity contribution in [3.05, 3.63) is 37.7 Å². The van der Waals surface area contributed by atoms with Crippen LogP contribution in [0.3, 0.4) is 0 Å². The zero-order chi connectivity index (χ0) is 17.4. The predicted molar refractivity (Wildman–Crippen MR) is 106 cm³/mol. The first-order valence-electron chi connectivity index (χ1n) is 9.36. The fourth-order valence-electron chi connectivity index (χ4n) is 2.88. The number of nitrogens with zero attached hydrogens (tertiary/aromatic N) is 2. The molecule has 23 heavy (non-hydrogen) atoms. The monoisotopic (exact) mass is 318 g/mol. The predicted octanol–water partition coefficient (Wildman–Crippen LogP) is 6.86. The minimum absolute atomic E-state index is 0.120. The zero-order valence-corrected chi connectivity index (χ0v) is 15.8. The van der Waals surface area contributed by atoms with Crippen LogP contribution >= 0.6 is 0 Å². The minimum Gasteiger partial charge on any atom is -0.334 e. The molecule has 0 heterocycles. The van der Waals surface area contributed by atoms with Gasteiger partial charge in [-0.3, -0.25) is 0 Å². The van der Waals surface area contributed by atoms with E-state index in [-0.39, 0.29) is 5.54 Å². The molecule has 0 aromatic rings. The molecule has 0 aliphatic heterocycles. The average molecular weight is 319 g/mol. The van der Waals surface area contributed by atoms with Crippen LogP contribution < -0.4 is 0 Å². The SMILES string of the molecule is C=C/C=C\N=C/N(C=C)C(C)(CCCCCC)CCCCCC. The Kier molecular flexibility index (Phi) is 13.5. The molecule has 0 aromatic heterocycles. The van der Waals surface area contributed by atoms with E-state index < -0.39 is 0 Å². The maximum absolute atomic E-state index is 4.37. The van der Waals surface area contributed by atoms with Crippen molar-refractivity contribution in [3.8, 4) is 0 Å². The van der Waals surface area contributed by atoms with Gasteiger partial charge in [-0.2, -0.15) is 0 Å². The Balaban J connectivity index is 4.79. The molecule has 0 fully saturated rings. The second-order valence-corrected chi connectivity index (χ2v) is 6.55. The zero-order valence-electron chi connectivity index (χ0n) is 15.8. The molecule has 0 spiro atoms. The largest absolute Gasteiger partial charge is 0.334 e. The summed E-state index contributed by atoms with van der Waals surface area (Å²) in [5.41, 5.74) is 0.120. The molecule has 2 nitrogen and oxygen atoms in total. The standard InChI is InChI=1S/C21H38N2/c1-6-10-13-15-17-21(5,18-16-14-11-7-2)23(9-4)20-22-19-12-8-3/h8-9,12,19-20H,3-4,6-7,10-11,13-18H2,1-2,5H3/b19-12-,22-20-. The van der Waals surface area contributed by atoms with Crippen molar-refractivity contribution in [3.63, 3.8) is 0 Å². The topological polar surface area (TPSA) is 15.6 Å². The van der Waals surface area contributed by atoms with E-state index in [2.05, 4.69) is 43.8 Å². The van der Waals surface area contributed by atoms with Crippen LogP contribution in [0.1, 0.15) is 85.0 Å². The van der Waals surface area contributed by atoms with Gasteiger partial charge in [-0.05, 0) is 32.0 Å². The molecular weight excluding hydrogens is 280 g/mol. The summed E-state index contributed by atoms with van der Waals surface area (Å²) in [5, 5.41) is 0. The molecule has 0 aliphatic rings. The van der Waals surface area contributed by atoms with Crippen LogP contribution in [0.25, 0.3) is 0 Å². The fourth-order valence-corrected chi connectivity index (χ4v) is 2.88. The third-order valence-electron chi connectivity index (χ3n) is 4.46. The van der Waals surface area contributed by atoms with Crippen molar-refractivity contribution < 1.29 is 0 Å². The Labute approximate surface area is 145 Å². The average Bonchev–Trinajstić information content (AvgIpc) is 2.56. The summed E-state index contributed by atoms with van der Waals surface area (Å²) in [6, 6.07) is 0. The summed E-state index contributed by atoms with van der Waals surface area (Å²) < 4.78 is 0. The number of hydrogen-bond donors (Lipinski definition) is 0. The van der Waals surface area contributed by atoms with Gasteiger partial charge in [-0.1, -0.05) is 84.4 Å². The van der Waals surface area contributed by atoms with Crippen molar-refractivity contribution >= 4 is 6.34 Å². The molecule has 132 valence electrons. The highest BCUT2D eigenvalue weighted by atomic mass is 15.2. The first-order chi connectivity index (χ1) is 11.1. The van der Waals surface area contributed by atoms with Crippen molar-refractivity contribution in [2.45, 2.75) is 90.5 Å². The Morgan fingerprint density at radius 2 is 1.48 bits per heavy atom. The molecule has 0 atom stereocenters. The molecule has 0 N–H and O–H groups in total. The van der Waals surface area contributed by atoms with Gasteiger partial charge in [-0.15, -0.1) is 0 Å². The number of allylic oxidation sites excluding steroid dienone is 2. The van der Waals surface area contributed by atoms with Gasteiger partial charge in [-0.25, -0.2) is 4.99 Å². The van der Waals surface area contributed by atoms with Gasteiger partial charge in [0.05, 0.1) is 6.34 Å². The van der Waals surface area contributed by atoms with E-state index in [0.29, 0.717) is 0 Å². The maximum atomic E-state index is 4.37. The highest BCUT2D eigenvalue weighted by Gasteiger charge is 2.27. The highest BCUT2D eigenvalue weighted by Crippen LogP contribution is 2.28. The van der Waals surface area contributed by atoms with E-state index in [1.165, 1.54) is 64.2 Å². The van der Waals surface area contributed by atoms with Crippen LogP contribution in [0.15, 0.2) is 42.7 Å². The van der Waals surface area contributed by atoms with Gasteiger partial charge in [0.25, 0.3) is 0 Å². The molecule has 0 amide bonds. The summed E-state index contributed by atoms with van der Waals surface area (Å²) in [4.78, 5) is 6.57. The maximum Gasteiger partial charge on any atom is 0.0949 e. The normalized spacial score (nSPS) is 12.1. The van der Waals surface area contributed by atoms with Crippen LogP contribution in [0.5, 0.6) is 0 Å². The van der Waals surface area contributed by atoms with E-state index in [9.17, 15) is 0 Å². The Bertz CT molecular complexity index is 343. The van der Waals surface area contributed by atoms with Gasteiger partial charge >= 0.3 is 0 Å². The van der Waals surface area contributed by atoms with Crippen LogP contribution in [0.2, 0.25) is 0 Å². The Morgan fingerprint density at radius 1 is 0.913 bits per heavy atom. The van der Waals surface area contributed by atoms with Crippen molar-refractivity contribution in [1.82, 2.24) is 4.90 Å². The number of aliphatic imine (C=N–C) groups is 1. The molecular formula is C21H38N2. The number of unbranched alkanes of at least 4 members (excludes halogenated alkanes) is 6. The molecule has 0 radical (unpaired) electrons. The lowest BCUT2D eigenvalue weighted by Crippen LogP contribution is -2.42. The summed E-state index contributed by atoms with van der Waals surface area (Å²) in [7, 11) is 0. The van der Waals surface area contributed by atoms with E-state index >= 15 is 0 Å². The molecule has 0 saturated heterocycles. The number of hydrogen-bond acceptors (Lipinski definition) is 1. The van der Waals surface area contributed by atoms with Crippen LogP contribution in [0, 0.1) is 0 Å². The van der Waals surface area contributed by atoms with Crippen LogP contribution in [-0.4, -0.2) is 16.8 Å². The first-order valence-corrected chi connectivity index (χ1v) is 9.36. The van der Waals surface area contributed by atoms with Crippen molar-refractivity contribution in [2.75, 3.05) is 0 Å². The summed E-state index contributed by atoms with van der Waals surface area (Å²) in [6.07, 6.45) is 22.0. The van der Waals surface area contributed by atoms with E-state index in [1.807, 2.05) is 18.6 Å². The first kappa shape index (κ1) is 21.7. The summed E-state index contributed by atoms with van der Waals surface area (Å²) >= 11 is 0.